The Morgan fingerprint density at radius 2 is 2.06 bits per heavy atom. The van der Waals surface area contributed by atoms with Gasteiger partial charge in [-0.05, 0) is 51.9 Å². The van der Waals surface area contributed by atoms with Gasteiger partial charge in [-0.15, -0.1) is 0 Å². The van der Waals surface area contributed by atoms with Crippen molar-refractivity contribution in [2.75, 3.05) is 0 Å². The van der Waals surface area contributed by atoms with E-state index in [0.29, 0.717) is 12.3 Å². The van der Waals surface area contributed by atoms with Crippen molar-refractivity contribution >= 4 is 5.97 Å². The molecule has 0 aromatic rings. The molecule has 2 fully saturated rings. The van der Waals surface area contributed by atoms with E-state index in [2.05, 4.69) is 20.8 Å². The quantitative estimate of drug-likeness (QED) is 0.836. The summed E-state index contributed by atoms with van der Waals surface area (Å²) in [5.74, 6) is -0.0772. The Balaban J connectivity index is 2.05. The Morgan fingerprint density at radius 3 is 2.56 bits per heavy atom. The normalized spacial score (nSPS) is 39.7. The molecule has 1 saturated heterocycles. The molecule has 0 amide bonds. The Morgan fingerprint density at radius 1 is 1.33 bits per heavy atom. The minimum atomic E-state index is -0.609. The fourth-order valence-corrected chi connectivity index (χ4v) is 3.78. The van der Waals surface area contributed by atoms with Crippen molar-refractivity contribution in [1.29, 1.82) is 0 Å². The van der Waals surface area contributed by atoms with Gasteiger partial charge in [0.2, 0.25) is 0 Å². The number of ether oxygens (including phenoxy) is 1. The lowest BCUT2D eigenvalue weighted by molar-refractivity contribution is -0.156. The van der Waals surface area contributed by atoms with Crippen molar-refractivity contribution in [1.82, 2.24) is 0 Å². The number of hydrogen-bond acceptors (Lipinski definition) is 2. The lowest BCUT2D eigenvalue weighted by Gasteiger charge is -2.38. The summed E-state index contributed by atoms with van der Waals surface area (Å²) in [5, 5.41) is 9.64. The molecule has 1 aliphatic heterocycles. The largest absolute Gasteiger partial charge is 0.481 e. The van der Waals surface area contributed by atoms with Gasteiger partial charge >= 0.3 is 5.97 Å². The molecule has 0 aromatic carbocycles. The SMILES string of the molecule is CC1CCCC(CC2CCC(C)(C)O2)(C(=O)O)C1. The number of hydrogen-bond donors (Lipinski definition) is 1. The molecule has 1 N–H and O–H groups in total. The third-order valence-corrected chi connectivity index (χ3v) is 4.72. The van der Waals surface area contributed by atoms with Gasteiger partial charge in [-0.2, -0.15) is 0 Å². The topological polar surface area (TPSA) is 46.5 Å². The van der Waals surface area contributed by atoms with E-state index in [1.807, 2.05) is 0 Å². The smallest absolute Gasteiger partial charge is 0.309 e. The van der Waals surface area contributed by atoms with Crippen molar-refractivity contribution in [3.05, 3.63) is 0 Å². The fourth-order valence-electron chi connectivity index (χ4n) is 3.78. The van der Waals surface area contributed by atoms with Crippen LogP contribution >= 0.6 is 0 Å². The molecule has 3 nitrogen and oxygen atoms in total. The summed E-state index contributed by atoms with van der Waals surface area (Å²) >= 11 is 0. The molecule has 0 bridgehead atoms. The summed E-state index contributed by atoms with van der Waals surface area (Å²) in [4.78, 5) is 11.7. The van der Waals surface area contributed by atoms with Crippen molar-refractivity contribution in [2.24, 2.45) is 11.3 Å². The van der Waals surface area contributed by atoms with Crippen LogP contribution in [0.3, 0.4) is 0 Å². The van der Waals surface area contributed by atoms with Gasteiger partial charge in [0.05, 0.1) is 17.1 Å². The van der Waals surface area contributed by atoms with Gasteiger partial charge in [-0.3, -0.25) is 4.79 Å². The maximum absolute atomic E-state index is 11.7. The van der Waals surface area contributed by atoms with Crippen LogP contribution in [-0.2, 0) is 9.53 Å². The lowest BCUT2D eigenvalue weighted by atomic mass is 9.67. The van der Waals surface area contributed by atoms with Crippen LogP contribution in [0.4, 0.5) is 0 Å². The standard InChI is InChI=1S/C15H26O3/c1-11-5-4-7-15(9-11,13(16)17)10-12-6-8-14(2,3)18-12/h11-12H,4-10H2,1-3H3,(H,16,17). The number of rotatable bonds is 3. The molecule has 1 aliphatic carbocycles. The van der Waals surface area contributed by atoms with Crippen molar-refractivity contribution < 1.29 is 14.6 Å². The maximum Gasteiger partial charge on any atom is 0.309 e. The second-order valence-corrected chi connectivity index (χ2v) is 7.03. The molecule has 3 unspecified atom stereocenters. The van der Waals surface area contributed by atoms with Crippen molar-refractivity contribution in [3.63, 3.8) is 0 Å². The Hall–Kier alpha value is -0.570. The van der Waals surface area contributed by atoms with Gasteiger partial charge < -0.3 is 9.84 Å². The van der Waals surface area contributed by atoms with Gasteiger partial charge in [0.25, 0.3) is 0 Å². The minimum absolute atomic E-state index is 0.0648. The van der Waals surface area contributed by atoms with Gasteiger partial charge in [-0.25, -0.2) is 0 Å². The Labute approximate surface area is 110 Å². The molecule has 1 saturated carbocycles. The van der Waals surface area contributed by atoms with E-state index in [-0.39, 0.29) is 11.7 Å². The second-order valence-electron chi connectivity index (χ2n) is 7.03. The number of carboxylic acid groups (broad SMARTS) is 1. The lowest BCUT2D eigenvalue weighted by Crippen LogP contribution is -2.39. The van der Waals surface area contributed by atoms with E-state index in [4.69, 9.17) is 4.74 Å². The third kappa shape index (κ3) is 2.87. The highest BCUT2D eigenvalue weighted by molar-refractivity contribution is 5.74. The molecule has 0 spiro atoms. The van der Waals surface area contributed by atoms with Crippen LogP contribution in [-0.4, -0.2) is 22.8 Å². The molecular weight excluding hydrogens is 228 g/mol. The second kappa shape index (κ2) is 4.84. The number of carboxylic acids is 1. The zero-order chi connectivity index (χ0) is 13.4. The average molecular weight is 254 g/mol. The molecule has 0 radical (unpaired) electrons. The Bertz CT molecular complexity index is 324. The summed E-state index contributed by atoms with van der Waals surface area (Å²) in [6.07, 6.45) is 6.77. The molecule has 0 aromatic heterocycles. The summed E-state index contributed by atoms with van der Waals surface area (Å²) in [6, 6.07) is 0. The van der Waals surface area contributed by atoms with Crippen LogP contribution in [0.25, 0.3) is 0 Å². The molecule has 1 heterocycles. The number of aliphatic carboxylic acids is 1. The van der Waals surface area contributed by atoms with Crippen LogP contribution in [0.1, 0.15) is 65.7 Å². The summed E-state index contributed by atoms with van der Waals surface area (Å²) < 4.78 is 6.00. The van der Waals surface area contributed by atoms with E-state index in [0.717, 1.165) is 32.1 Å². The monoisotopic (exact) mass is 254 g/mol. The predicted molar refractivity (Wildman–Crippen MR) is 70.5 cm³/mol. The first kappa shape index (κ1) is 13.9. The molecule has 2 aliphatic rings. The highest BCUT2D eigenvalue weighted by atomic mass is 16.5. The van der Waals surface area contributed by atoms with E-state index >= 15 is 0 Å². The fraction of sp³-hybridized carbons (Fsp3) is 0.933. The van der Waals surface area contributed by atoms with Crippen LogP contribution in [0, 0.1) is 11.3 Å². The van der Waals surface area contributed by atoms with Crippen LogP contribution in [0.15, 0.2) is 0 Å². The molecule has 104 valence electrons. The summed E-state index contributed by atoms with van der Waals surface area (Å²) in [5.41, 5.74) is -0.590. The summed E-state index contributed by atoms with van der Waals surface area (Å²) in [7, 11) is 0. The van der Waals surface area contributed by atoms with Crippen LogP contribution < -0.4 is 0 Å². The van der Waals surface area contributed by atoms with E-state index in [1.165, 1.54) is 6.42 Å². The predicted octanol–water partition coefficient (Wildman–Crippen LogP) is 3.62. The number of carbonyl (C=O) groups is 1. The first-order valence-corrected chi connectivity index (χ1v) is 7.24. The van der Waals surface area contributed by atoms with Crippen LogP contribution in [0.2, 0.25) is 0 Å². The molecule has 3 heteroatoms. The van der Waals surface area contributed by atoms with Crippen molar-refractivity contribution in [2.45, 2.75) is 77.4 Å². The first-order chi connectivity index (χ1) is 8.33. The van der Waals surface area contributed by atoms with Gasteiger partial charge in [0, 0.05) is 0 Å². The van der Waals surface area contributed by atoms with Gasteiger partial charge in [0.1, 0.15) is 0 Å². The zero-order valence-corrected chi connectivity index (χ0v) is 11.9. The van der Waals surface area contributed by atoms with Crippen LogP contribution in [0.5, 0.6) is 0 Å². The summed E-state index contributed by atoms with van der Waals surface area (Å²) in [6.45, 7) is 6.38. The molecule has 2 rings (SSSR count). The minimum Gasteiger partial charge on any atom is -0.481 e. The van der Waals surface area contributed by atoms with Crippen molar-refractivity contribution in [3.8, 4) is 0 Å². The van der Waals surface area contributed by atoms with Gasteiger partial charge in [0.15, 0.2) is 0 Å². The van der Waals surface area contributed by atoms with E-state index in [1.54, 1.807) is 0 Å². The average Bonchev–Trinajstić information content (AvgIpc) is 2.57. The molecular formula is C15H26O3. The van der Waals surface area contributed by atoms with E-state index in [9.17, 15) is 9.90 Å². The Kier molecular flexibility index (Phi) is 3.72. The molecule has 18 heavy (non-hydrogen) atoms. The third-order valence-electron chi connectivity index (χ3n) is 4.72. The maximum atomic E-state index is 11.7. The van der Waals surface area contributed by atoms with E-state index < -0.39 is 11.4 Å². The highest BCUT2D eigenvalue weighted by Crippen LogP contribution is 2.46. The van der Waals surface area contributed by atoms with Gasteiger partial charge in [-0.1, -0.05) is 19.8 Å². The first-order valence-electron chi connectivity index (χ1n) is 7.24. The highest BCUT2D eigenvalue weighted by Gasteiger charge is 2.45. The molecule has 3 atom stereocenters. The zero-order valence-electron chi connectivity index (χ0n) is 11.9.